The highest BCUT2D eigenvalue weighted by Gasteiger charge is 2.20. The third-order valence-electron chi connectivity index (χ3n) is 11.1. The summed E-state index contributed by atoms with van der Waals surface area (Å²) >= 11 is 0. The number of fused-ring (bicyclic) bond motifs is 9. The minimum atomic E-state index is 0.588. The minimum Gasteiger partial charge on any atom is -0.309 e. The summed E-state index contributed by atoms with van der Waals surface area (Å²) in [5.74, 6) is 0. The Morgan fingerprint density at radius 2 is 0.782 bits per heavy atom. The van der Waals surface area contributed by atoms with Crippen molar-refractivity contribution in [1.82, 2.24) is 13.7 Å². The molecule has 11 rings (SSSR count). The molecule has 0 saturated carbocycles. The maximum Gasteiger partial charge on any atom is 0.0998 e. The van der Waals surface area contributed by atoms with Gasteiger partial charge in [0, 0.05) is 54.8 Å². The van der Waals surface area contributed by atoms with Crippen LogP contribution in [0.15, 0.2) is 176 Å². The summed E-state index contributed by atoms with van der Waals surface area (Å²) in [5.41, 5.74) is 12.6. The molecule has 0 N–H and O–H groups in total. The van der Waals surface area contributed by atoms with Crippen molar-refractivity contribution in [3.63, 3.8) is 0 Å². The molecule has 55 heavy (non-hydrogen) atoms. The molecule has 0 unspecified atom stereocenters. The van der Waals surface area contributed by atoms with Gasteiger partial charge in [-0.2, -0.15) is 10.5 Å². The van der Waals surface area contributed by atoms with E-state index in [1.165, 1.54) is 21.8 Å². The predicted octanol–water partition coefficient (Wildman–Crippen LogP) is 12.4. The molecular weight excluding hydrogens is 671 g/mol. The first-order chi connectivity index (χ1) is 27.2. The fourth-order valence-electron chi connectivity index (χ4n) is 8.78. The summed E-state index contributed by atoms with van der Waals surface area (Å²) in [5, 5.41) is 27.3. The van der Waals surface area contributed by atoms with Crippen LogP contribution in [0.4, 0.5) is 0 Å². The standard InChI is InChI=1S/C50H29N5/c51-30-32-21-25-50-42(27-32)40-14-5-10-20-48(40)55(50)47-19-9-1-11-37(47)36-24-22-34(28-33(36)31-52)53-46-18-8-4-15-41(46)43-29-35(23-26-49(43)53)54-44-16-6-2-12-38(44)39-13-3-7-17-45(39)54/h1-29H. The van der Waals surface area contributed by atoms with Gasteiger partial charge in [-0.1, -0.05) is 97.1 Å². The van der Waals surface area contributed by atoms with Crippen LogP contribution < -0.4 is 0 Å². The quantitative estimate of drug-likeness (QED) is 0.184. The van der Waals surface area contributed by atoms with Crippen molar-refractivity contribution in [2.45, 2.75) is 0 Å². The Bertz CT molecular complexity index is 3420. The first-order valence-corrected chi connectivity index (χ1v) is 18.3. The molecule has 0 saturated heterocycles. The number of hydrogen-bond acceptors (Lipinski definition) is 2. The summed E-state index contributed by atoms with van der Waals surface area (Å²) in [6, 6.07) is 65.9. The van der Waals surface area contributed by atoms with Crippen molar-refractivity contribution in [3.8, 4) is 40.3 Å². The second kappa shape index (κ2) is 11.8. The van der Waals surface area contributed by atoms with Gasteiger partial charge in [0.05, 0.1) is 62.1 Å². The lowest BCUT2D eigenvalue weighted by atomic mass is 9.97. The van der Waals surface area contributed by atoms with E-state index < -0.39 is 0 Å². The molecule has 0 aliphatic rings. The zero-order chi connectivity index (χ0) is 36.6. The first kappa shape index (κ1) is 30.7. The van der Waals surface area contributed by atoms with E-state index in [2.05, 4.69) is 153 Å². The normalized spacial score (nSPS) is 11.6. The molecule has 3 aromatic heterocycles. The summed E-state index contributed by atoms with van der Waals surface area (Å²) in [7, 11) is 0. The highest BCUT2D eigenvalue weighted by Crippen LogP contribution is 2.40. The molecule has 0 radical (unpaired) electrons. The van der Waals surface area contributed by atoms with Crippen molar-refractivity contribution in [3.05, 3.63) is 187 Å². The van der Waals surface area contributed by atoms with Crippen LogP contribution in [-0.4, -0.2) is 13.7 Å². The molecule has 0 spiro atoms. The zero-order valence-corrected chi connectivity index (χ0v) is 29.5. The average Bonchev–Trinajstić information content (AvgIpc) is 3.88. The van der Waals surface area contributed by atoms with Gasteiger partial charge in [0.25, 0.3) is 0 Å². The van der Waals surface area contributed by atoms with Crippen LogP contribution in [-0.2, 0) is 0 Å². The van der Waals surface area contributed by atoms with E-state index in [1.807, 2.05) is 48.5 Å². The van der Waals surface area contributed by atoms with Gasteiger partial charge in [-0.15, -0.1) is 0 Å². The molecular formula is C50H29N5. The van der Waals surface area contributed by atoms with Crippen LogP contribution in [0.25, 0.3) is 93.6 Å². The third kappa shape index (κ3) is 4.45. The molecule has 11 aromatic rings. The predicted molar refractivity (Wildman–Crippen MR) is 224 cm³/mol. The van der Waals surface area contributed by atoms with Gasteiger partial charge in [0.2, 0.25) is 0 Å². The molecule has 0 bridgehead atoms. The molecule has 3 heterocycles. The first-order valence-electron chi connectivity index (χ1n) is 18.3. The maximum atomic E-state index is 10.8. The largest absolute Gasteiger partial charge is 0.309 e. The van der Waals surface area contributed by atoms with Crippen LogP contribution in [0.2, 0.25) is 0 Å². The van der Waals surface area contributed by atoms with E-state index in [0.717, 1.165) is 71.8 Å². The summed E-state index contributed by atoms with van der Waals surface area (Å²) in [6.07, 6.45) is 0. The van der Waals surface area contributed by atoms with E-state index in [-0.39, 0.29) is 0 Å². The Hall–Kier alpha value is -7.86. The average molecular weight is 700 g/mol. The van der Waals surface area contributed by atoms with E-state index in [0.29, 0.717) is 11.1 Å². The lowest BCUT2D eigenvalue weighted by Gasteiger charge is -2.16. The van der Waals surface area contributed by atoms with Crippen LogP contribution in [0.5, 0.6) is 0 Å². The number of nitrogens with zero attached hydrogens (tertiary/aromatic N) is 5. The van der Waals surface area contributed by atoms with E-state index in [4.69, 9.17) is 0 Å². The highest BCUT2D eigenvalue weighted by molar-refractivity contribution is 6.13. The van der Waals surface area contributed by atoms with Crippen LogP contribution >= 0.6 is 0 Å². The third-order valence-corrected chi connectivity index (χ3v) is 11.1. The Balaban J connectivity index is 1.10. The van der Waals surface area contributed by atoms with Crippen molar-refractivity contribution in [1.29, 1.82) is 10.5 Å². The van der Waals surface area contributed by atoms with Gasteiger partial charge in [-0.3, -0.25) is 0 Å². The van der Waals surface area contributed by atoms with Gasteiger partial charge < -0.3 is 13.7 Å². The summed E-state index contributed by atoms with van der Waals surface area (Å²) in [4.78, 5) is 0. The lowest BCUT2D eigenvalue weighted by Crippen LogP contribution is -2.00. The molecule has 8 aromatic carbocycles. The van der Waals surface area contributed by atoms with E-state index >= 15 is 0 Å². The summed E-state index contributed by atoms with van der Waals surface area (Å²) in [6.45, 7) is 0. The Morgan fingerprint density at radius 3 is 1.40 bits per heavy atom. The van der Waals surface area contributed by atoms with E-state index in [9.17, 15) is 10.5 Å². The van der Waals surface area contributed by atoms with Gasteiger partial charge >= 0.3 is 0 Å². The topological polar surface area (TPSA) is 62.4 Å². The van der Waals surface area contributed by atoms with Crippen molar-refractivity contribution in [2.75, 3.05) is 0 Å². The maximum absolute atomic E-state index is 10.8. The number of nitriles is 2. The van der Waals surface area contributed by atoms with Crippen LogP contribution in [0.1, 0.15) is 11.1 Å². The molecule has 0 aliphatic heterocycles. The van der Waals surface area contributed by atoms with Crippen molar-refractivity contribution in [2.24, 2.45) is 0 Å². The fraction of sp³-hybridized carbons (Fsp3) is 0. The summed E-state index contributed by atoms with van der Waals surface area (Å²) < 4.78 is 6.88. The van der Waals surface area contributed by atoms with Crippen LogP contribution in [0.3, 0.4) is 0 Å². The Morgan fingerprint density at radius 1 is 0.327 bits per heavy atom. The van der Waals surface area contributed by atoms with Crippen molar-refractivity contribution < 1.29 is 0 Å². The number of para-hydroxylation sites is 5. The minimum absolute atomic E-state index is 0.588. The molecule has 5 nitrogen and oxygen atoms in total. The number of benzene rings is 8. The molecule has 0 atom stereocenters. The number of rotatable bonds is 4. The molecule has 0 fully saturated rings. The van der Waals surface area contributed by atoms with Gasteiger partial charge in [0.1, 0.15) is 0 Å². The Kier molecular flexibility index (Phi) is 6.61. The monoisotopic (exact) mass is 699 g/mol. The van der Waals surface area contributed by atoms with Gasteiger partial charge in [0.15, 0.2) is 0 Å². The van der Waals surface area contributed by atoms with Gasteiger partial charge in [-0.25, -0.2) is 0 Å². The second-order valence-electron chi connectivity index (χ2n) is 14.0. The fourth-order valence-corrected chi connectivity index (χ4v) is 8.78. The zero-order valence-electron chi connectivity index (χ0n) is 29.5. The van der Waals surface area contributed by atoms with E-state index in [1.54, 1.807) is 0 Å². The molecule has 254 valence electrons. The lowest BCUT2D eigenvalue weighted by molar-refractivity contribution is 1.16. The second-order valence-corrected chi connectivity index (χ2v) is 14.0. The number of hydrogen-bond donors (Lipinski definition) is 0. The molecule has 5 heteroatoms. The SMILES string of the molecule is N#Cc1ccc2c(c1)c1ccccc1n2-c1ccccc1-c1ccc(-n2c3ccccc3c3cc(-n4c5ccccc5c5ccccc54)ccc32)cc1C#N. The molecule has 0 aliphatic carbocycles. The van der Waals surface area contributed by atoms with Gasteiger partial charge in [-0.05, 0) is 78.9 Å². The van der Waals surface area contributed by atoms with Crippen molar-refractivity contribution >= 4 is 65.4 Å². The number of aromatic nitrogens is 3. The highest BCUT2D eigenvalue weighted by atomic mass is 15.0. The molecule has 0 amide bonds. The van der Waals surface area contributed by atoms with Crippen LogP contribution in [0, 0.1) is 22.7 Å². The Labute approximate surface area is 316 Å². The smallest absolute Gasteiger partial charge is 0.0998 e.